The van der Waals surface area contributed by atoms with Crippen molar-refractivity contribution >= 4 is 5.78 Å². The fraction of sp³-hybridized carbons (Fsp3) is 0.231. The number of carbonyl (C=O) groups excluding carboxylic acids is 1. The van der Waals surface area contributed by atoms with Crippen LogP contribution in [0.4, 0.5) is 13.2 Å². The summed E-state index contributed by atoms with van der Waals surface area (Å²) >= 11 is 0. The van der Waals surface area contributed by atoms with Crippen LogP contribution in [0.15, 0.2) is 34.9 Å². The molecule has 1 aromatic carbocycles. The maximum absolute atomic E-state index is 12.4. The first-order chi connectivity index (χ1) is 8.86. The van der Waals surface area contributed by atoms with Crippen LogP contribution < -0.4 is 0 Å². The van der Waals surface area contributed by atoms with E-state index in [1.807, 2.05) is 0 Å². The number of carbonyl (C=O) groups is 1. The highest BCUT2D eigenvalue weighted by atomic mass is 19.4. The first-order valence-corrected chi connectivity index (χ1v) is 5.48. The van der Waals surface area contributed by atoms with Gasteiger partial charge in [0.2, 0.25) is 5.89 Å². The number of rotatable bonds is 3. The summed E-state index contributed by atoms with van der Waals surface area (Å²) in [5.74, 6) is 0.136. The van der Waals surface area contributed by atoms with Crippen molar-refractivity contribution in [2.45, 2.75) is 19.5 Å². The standard InChI is InChI=1S/C13H10F3NO2/c1-8(18)6-11-7-19-12(17-11)9-2-4-10(5-3-9)13(14,15)16/h2-5,7H,6H2,1H3. The van der Waals surface area contributed by atoms with E-state index in [9.17, 15) is 18.0 Å². The molecule has 0 amide bonds. The number of aromatic nitrogens is 1. The summed E-state index contributed by atoms with van der Waals surface area (Å²) in [6.07, 6.45) is -2.90. The van der Waals surface area contributed by atoms with Crippen molar-refractivity contribution in [1.29, 1.82) is 0 Å². The van der Waals surface area contributed by atoms with Crippen LogP contribution in [-0.4, -0.2) is 10.8 Å². The van der Waals surface area contributed by atoms with Crippen LogP contribution in [0.1, 0.15) is 18.2 Å². The van der Waals surface area contributed by atoms with Gasteiger partial charge in [-0.3, -0.25) is 4.79 Å². The van der Waals surface area contributed by atoms with E-state index >= 15 is 0 Å². The average Bonchev–Trinajstić information content (AvgIpc) is 2.75. The third kappa shape index (κ3) is 3.21. The lowest BCUT2D eigenvalue weighted by molar-refractivity contribution is -0.137. The lowest BCUT2D eigenvalue weighted by Crippen LogP contribution is -2.04. The normalized spacial score (nSPS) is 11.6. The number of nitrogens with zero attached hydrogens (tertiary/aromatic N) is 1. The highest BCUT2D eigenvalue weighted by molar-refractivity contribution is 5.77. The lowest BCUT2D eigenvalue weighted by Gasteiger charge is -2.05. The highest BCUT2D eigenvalue weighted by Crippen LogP contribution is 2.30. The average molecular weight is 269 g/mol. The number of benzene rings is 1. The van der Waals surface area contributed by atoms with Gasteiger partial charge in [-0.05, 0) is 31.2 Å². The predicted octanol–water partition coefficient (Wildman–Crippen LogP) is 3.49. The van der Waals surface area contributed by atoms with Crippen LogP contribution in [0, 0.1) is 0 Å². The Bertz CT molecular complexity index is 585. The van der Waals surface area contributed by atoms with Crippen molar-refractivity contribution in [2.75, 3.05) is 0 Å². The summed E-state index contributed by atoms with van der Waals surface area (Å²) in [6.45, 7) is 1.42. The first kappa shape index (κ1) is 13.3. The summed E-state index contributed by atoms with van der Waals surface area (Å²) in [5.41, 5.74) is 0.164. The van der Waals surface area contributed by atoms with Gasteiger partial charge in [-0.25, -0.2) is 4.98 Å². The molecule has 0 fully saturated rings. The molecule has 0 aliphatic rings. The Labute approximate surface area is 107 Å². The monoisotopic (exact) mass is 269 g/mol. The highest BCUT2D eigenvalue weighted by Gasteiger charge is 2.30. The molecule has 0 radical (unpaired) electrons. The molecule has 0 saturated carbocycles. The summed E-state index contributed by atoms with van der Waals surface area (Å²) in [5, 5.41) is 0. The zero-order chi connectivity index (χ0) is 14.0. The van der Waals surface area contributed by atoms with Crippen LogP contribution in [0.5, 0.6) is 0 Å². The third-order valence-electron chi connectivity index (χ3n) is 2.44. The molecule has 0 spiro atoms. The van der Waals surface area contributed by atoms with Crippen LogP contribution >= 0.6 is 0 Å². The second-order valence-corrected chi connectivity index (χ2v) is 4.10. The van der Waals surface area contributed by atoms with Gasteiger partial charge in [0.05, 0.1) is 17.7 Å². The minimum atomic E-state index is -4.37. The Morgan fingerprint density at radius 1 is 1.26 bits per heavy atom. The van der Waals surface area contributed by atoms with Gasteiger partial charge in [0.15, 0.2) is 0 Å². The summed E-state index contributed by atoms with van der Waals surface area (Å²) in [6, 6.07) is 4.49. The fourth-order valence-electron chi connectivity index (χ4n) is 1.58. The van der Waals surface area contributed by atoms with E-state index in [1.54, 1.807) is 0 Å². The van der Waals surface area contributed by atoms with Gasteiger partial charge in [0, 0.05) is 5.56 Å². The van der Waals surface area contributed by atoms with Crippen molar-refractivity contribution in [3.8, 4) is 11.5 Å². The largest absolute Gasteiger partial charge is 0.444 e. The molecule has 6 heteroatoms. The predicted molar refractivity (Wildman–Crippen MR) is 61.3 cm³/mol. The zero-order valence-electron chi connectivity index (χ0n) is 9.99. The minimum Gasteiger partial charge on any atom is -0.444 e. The molecule has 0 aliphatic heterocycles. The molecule has 0 aliphatic carbocycles. The topological polar surface area (TPSA) is 43.1 Å². The van der Waals surface area contributed by atoms with E-state index in [-0.39, 0.29) is 18.1 Å². The molecule has 1 heterocycles. The number of oxazole rings is 1. The second kappa shape index (κ2) is 4.87. The lowest BCUT2D eigenvalue weighted by atomic mass is 10.1. The molecule has 1 aromatic heterocycles. The fourth-order valence-corrected chi connectivity index (χ4v) is 1.58. The number of Topliss-reactive ketones (excluding diaryl/α,β-unsaturated/α-hetero) is 1. The minimum absolute atomic E-state index is 0.0627. The molecule has 100 valence electrons. The molecule has 0 atom stereocenters. The van der Waals surface area contributed by atoms with Crippen LogP contribution in [0.25, 0.3) is 11.5 Å². The Balaban J connectivity index is 2.23. The van der Waals surface area contributed by atoms with Gasteiger partial charge in [0.1, 0.15) is 12.0 Å². The molecule has 0 saturated heterocycles. The molecule has 0 N–H and O–H groups in total. The summed E-state index contributed by atoms with van der Waals surface area (Å²) in [4.78, 5) is 15.0. The van der Waals surface area contributed by atoms with Crippen molar-refractivity contribution in [3.63, 3.8) is 0 Å². The van der Waals surface area contributed by atoms with E-state index < -0.39 is 11.7 Å². The number of ketones is 1. The van der Waals surface area contributed by atoms with Crippen molar-refractivity contribution in [2.24, 2.45) is 0 Å². The van der Waals surface area contributed by atoms with E-state index in [4.69, 9.17) is 4.42 Å². The smallest absolute Gasteiger partial charge is 0.416 e. The van der Waals surface area contributed by atoms with Gasteiger partial charge >= 0.3 is 6.18 Å². The Hall–Kier alpha value is -2.11. The Kier molecular flexibility index (Phi) is 3.42. The van der Waals surface area contributed by atoms with Gasteiger partial charge in [-0.1, -0.05) is 0 Å². The number of hydrogen-bond donors (Lipinski definition) is 0. The first-order valence-electron chi connectivity index (χ1n) is 5.48. The van der Waals surface area contributed by atoms with Crippen LogP contribution in [0.3, 0.4) is 0 Å². The van der Waals surface area contributed by atoms with Gasteiger partial charge in [-0.2, -0.15) is 13.2 Å². The van der Waals surface area contributed by atoms with Crippen molar-refractivity contribution < 1.29 is 22.4 Å². The molecule has 2 rings (SSSR count). The van der Waals surface area contributed by atoms with Gasteiger partial charge < -0.3 is 4.42 Å². The molecule has 2 aromatic rings. The van der Waals surface area contributed by atoms with Crippen LogP contribution in [-0.2, 0) is 17.4 Å². The molecule has 19 heavy (non-hydrogen) atoms. The van der Waals surface area contributed by atoms with Gasteiger partial charge in [0.25, 0.3) is 0 Å². The maximum Gasteiger partial charge on any atom is 0.416 e. The quantitative estimate of drug-likeness (QED) is 0.856. The Morgan fingerprint density at radius 3 is 2.42 bits per heavy atom. The summed E-state index contributed by atoms with van der Waals surface area (Å²) in [7, 11) is 0. The molecular formula is C13H10F3NO2. The van der Waals surface area contributed by atoms with Crippen LogP contribution in [0.2, 0.25) is 0 Å². The SMILES string of the molecule is CC(=O)Cc1coc(-c2ccc(C(F)(F)F)cc2)n1. The van der Waals surface area contributed by atoms with E-state index in [0.717, 1.165) is 12.1 Å². The van der Waals surface area contributed by atoms with Crippen molar-refractivity contribution in [1.82, 2.24) is 4.98 Å². The molecule has 3 nitrogen and oxygen atoms in total. The Morgan fingerprint density at radius 2 is 1.89 bits per heavy atom. The van der Waals surface area contributed by atoms with E-state index in [2.05, 4.69) is 4.98 Å². The van der Waals surface area contributed by atoms with Gasteiger partial charge in [-0.15, -0.1) is 0 Å². The molecule has 0 unspecified atom stereocenters. The third-order valence-corrected chi connectivity index (χ3v) is 2.44. The summed E-state index contributed by atoms with van der Waals surface area (Å²) < 4.78 is 42.3. The van der Waals surface area contributed by atoms with E-state index in [1.165, 1.54) is 25.3 Å². The number of alkyl halides is 3. The molecular weight excluding hydrogens is 259 g/mol. The van der Waals surface area contributed by atoms with Crippen molar-refractivity contribution in [3.05, 3.63) is 41.8 Å². The number of hydrogen-bond acceptors (Lipinski definition) is 3. The zero-order valence-corrected chi connectivity index (χ0v) is 9.99. The maximum atomic E-state index is 12.4. The molecule has 0 bridgehead atoms. The number of halogens is 3. The second-order valence-electron chi connectivity index (χ2n) is 4.10. The van der Waals surface area contributed by atoms with E-state index in [0.29, 0.717) is 11.3 Å².